The van der Waals surface area contributed by atoms with Crippen LogP contribution in [0.4, 0.5) is 10.1 Å². The number of hydrogen-bond donors (Lipinski definition) is 2. The van der Waals surface area contributed by atoms with Gasteiger partial charge in [0.25, 0.3) is 0 Å². The van der Waals surface area contributed by atoms with Crippen molar-refractivity contribution in [2.45, 2.75) is 17.9 Å². The Morgan fingerprint density at radius 2 is 1.62 bits per heavy atom. The molecule has 0 unspecified atom stereocenters. The number of aromatic nitrogens is 1. The first-order valence-electron chi connectivity index (χ1n) is 8.61. The number of hydrogen-bond acceptors (Lipinski definition) is 5. The van der Waals surface area contributed by atoms with E-state index in [1.165, 1.54) is 19.1 Å². The first kappa shape index (κ1) is 20.4. The Morgan fingerprint density at radius 1 is 1.00 bits per heavy atom. The zero-order valence-corrected chi connectivity index (χ0v) is 16.2. The van der Waals surface area contributed by atoms with E-state index >= 15 is 0 Å². The maximum Gasteiger partial charge on any atom is 0.244 e. The lowest BCUT2D eigenvalue weighted by Gasteiger charge is -2.15. The van der Waals surface area contributed by atoms with Gasteiger partial charge in [0.1, 0.15) is 22.2 Å². The molecule has 0 saturated carbocycles. The smallest absolute Gasteiger partial charge is 0.244 e. The lowest BCUT2D eigenvalue weighted by atomic mass is 10.2. The van der Waals surface area contributed by atoms with E-state index in [-0.39, 0.29) is 0 Å². The number of rotatable bonds is 7. The fraction of sp³-hybridized carbons (Fsp3) is 0.100. The first-order chi connectivity index (χ1) is 13.8. The van der Waals surface area contributed by atoms with Crippen LogP contribution in [-0.2, 0) is 14.8 Å². The Hall–Kier alpha value is -3.30. The molecular weight excluding hydrogens is 397 g/mol. The summed E-state index contributed by atoms with van der Waals surface area (Å²) < 4.78 is 46.1. The van der Waals surface area contributed by atoms with Crippen LogP contribution in [0, 0.1) is 5.82 Å². The van der Waals surface area contributed by atoms with Gasteiger partial charge in [0.15, 0.2) is 0 Å². The third kappa shape index (κ3) is 5.37. The molecule has 0 saturated heterocycles. The SMILES string of the molecule is C[C@H](NS(=O)(=O)c1ccccc1F)C(=O)Nc1ccc(Oc2ccncc2)cc1. The topological polar surface area (TPSA) is 97.4 Å². The second-order valence-corrected chi connectivity index (χ2v) is 7.75. The molecule has 0 aliphatic carbocycles. The number of nitrogens with zero attached hydrogens (tertiary/aromatic N) is 1. The van der Waals surface area contributed by atoms with E-state index in [1.54, 1.807) is 48.8 Å². The number of amides is 1. The third-order valence-electron chi connectivity index (χ3n) is 3.86. The Morgan fingerprint density at radius 3 is 2.28 bits per heavy atom. The highest BCUT2D eigenvalue weighted by Crippen LogP contribution is 2.22. The summed E-state index contributed by atoms with van der Waals surface area (Å²) in [5, 5.41) is 2.60. The maximum atomic E-state index is 13.7. The van der Waals surface area contributed by atoms with Gasteiger partial charge < -0.3 is 10.1 Å². The fourth-order valence-corrected chi connectivity index (χ4v) is 3.69. The number of nitrogens with one attached hydrogen (secondary N) is 2. The molecule has 29 heavy (non-hydrogen) atoms. The number of pyridine rings is 1. The van der Waals surface area contributed by atoms with Crippen molar-refractivity contribution in [2.75, 3.05) is 5.32 Å². The maximum absolute atomic E-state index is 13.7. The molecule has 3 rings (SSSR count). The van der Waals surface area contributed by atoms with Crippen LogP contribution < -0.4 is 14.8 Å². The Bertz CT molecular complexity index is 1090. The minimum absolute atomic E-state index is 0.453. The number of sulfonamides is 1. The molecule has 0 aliphatic heterocycles. The standard InChI is InChI=1S/C20H18FN3O4S/c1-14(24-29(26,27)19-5-3-2-4-18(19)21)20(25)23-15-6-8-16(9-7-15)28-17-10-12-22-13-11-17/h2-14,24H,1H3,(H,23,25)/t14-/m0/s1. The molecule has 0 radical (unpaired) electrons. The van der Waals surface area contributed by atoms with Crippen molar-refractivity contribution >= 4 is 21.6 Å². The molecule has 0 spiro atoms. The van der Waals surface area contributed by atoms with E-state index in [1.807, 2.05) is 0 Å². The quantitative estimate of drug-likeness (QED) is 0.617. The second-order valence-electron chi connectivity index (χ2n) is 6.07. The largest absolute Gasteiger partial charge is 0.457 e. The van der Waals surface area contributed by atoms with Crippen molar-refractivity contribution < 1.29 is 22.3 Å². The van der Waals surface area contributed by atoms with Crippen LogP contribution in [0.15, 0.2) is 78.0 Å². The van der Waals surface area contributed by atoms with Crippen LogP contribution in [0.25, 0.3) is 0 Å². The van der Waals surface area contributed by atoms with Gasteiger partial charge >= 0.3 is 0 Å². The summed E-state index contributed by atoms with van der Waals surface area (Å²) in [6, 6.07) is 13.8. The molecule has 7 nitrogen and oxygen atoms in total. The highest BCUT2D eigenvalue weighted by molar-refractivity contribution is 7.89. The number of carbonyl (C=O) groups excluding carboxylic acids is 1. The molecule has 2 aromatic carbocycles. The van der Waals surface area contributed by atoms with Gasteiger partial charge in [-0.25, -0.2) is 12.8 Å². The van der Waals surface area contributed by atoms with Gasteiger partial charge in [0.2, 0.25) is 15.9 Å². The van der Waals surface area contributed by atoms with Crippen LogP contribution in [0.2, 0.25) is 0 Å². The minimum atomic E-state index is -4.18. The van der Waals surface area contributed by atoms with Crippen molar-refractivity contribution in [3.63, 3.8) is 0 Å². The summed E-state index contributed by atoms with van der Waals surface area (Å²) in [4.78, 5) is 15.7. The average Bonchev–Trinajstić information content (AvgIpc) is 2.70. The molecular formula is C20H18FN3O4S. The molecule has 1 amide bonds. The van der Waals surface area contributed by atoms with Gasteiger partial charge in [0.05, 0.1) is 6.04 Å². The fourth-order valence-electron chi connectivity index (χ4n) is 2.41. The molecule has 1 heterocycles. The molecule has 2 N–H and O–H groups in total. The number of benzene rings is 2. The minimum Gasteiger partial charge on any atom is -0.457 e. The van der Waals surface area contributed by atoms with Crippen LogP contribution in [-0.4, -0.2) is 25.4 Å². The third-order valence-corrected chi connectivity index (χ3v) is 5.43. The van der Waals surface area contributed by atoms with E-state index in [4.69, 9.17) is 4.74 Å². The van der Waals surface area contributed by atoms with Crippen LogP contribution >= 0.6 is 0 Å². The van der Waals surface area contributed by atoms with E-state index < -0.39 is 32.7 Å². The van der Waals surface area contributed by atoms with Crippen molar-refractivity contribution in [3.05, 3.63) is 78.9 Å². The van der Waals surface area contributed by atoms with Gasteiger partial charge in [-0.05, 0) is 55.5 Å². The lowest BCUT2D eigenvalue weighted by Crippen LogP contribution is -2.41. The Balaban J connectivity index is 1.61. The summed E-state index contributed by atoms with van der Waals surface area (Å²) in [5.41, 5.74) is 0.453. The molecule has 3 aromatic rings. The molecule has 0 fully saturated rings. The van der Waals surface area contributed by atoms with Gasteiger partial charge in [-0.15, -0.1) is 0 Å². The number of carbonyl (C=O) groups is 1. The predicted octanol–water partition coefficient (Wildman–Crippen LogP) is 3.32. The predicted molar refractivity (Wildman–Crippen MR) is 106 cm³/mol. The lowest BCUT2D eigenvalue weighted by molar-refractivity contribution is -0.117. The highest BCUT2D eigenvalue weighted by Gasteiger charge is 2.24. The van der Waals surface area contributed by atoms with Crippen molar-refractivity contribution in [1.29, 1.82) is 0 Å². The molecule has 0 bridgehead atoms. The van der Waals surface area contributed by atoms with E-state index in [2.05, 4.69) is 15.0 Å². The zero-order chi connectivity index (χ0) is 20.9. The van der Waals surface area contributed by atoms with E-state index in [0.717, 1.165) is 12.1 Å². The summed E-state index contributed by atoms with van der Waals surface area (Å²) in [5.74, 6) is -0.305. The number of halogens is 1. The molecule has 9 heteroatoms. The first-order valence-corrected chi connectivity index (χ1v) is 10.1. The molecule has 1 aromatic heterocycles. The normalized spacial score (nSPS) is 12.2. The summed E-state index contributed by atoms with van der Waals surface area (Å²) in [7, 11) is -4.18. The van der Waals surface area contributed by atoms with Gasteiger partial charge in [-0.2, -0.15) is 4.72 Å². The van der Waals surface area contributed by atoms with E-state index in [9.17, 15) is 17.6 Å². The van der Waals surface area contributed by atoms with Crippen molar-refractivity contribution in [3.8, 4) is 11.5 Å². The van der Waals surface area contributed by atoms with E-state index in [0.29, 0.717) is 17.2 Å². The van der Waals surface area contributed by atoms with Crippen molar-refractivity contribution in [1.82, 2.24) is 9.71 Å². The molecule has 0 aliphatic rings. The van der Waals surface area contributed by atoms with Crippen LogP contribution in [0.3, 0.4) is 0 Å². The van der Waals surface area contributed by atoms with Gasteiger partial charge in [0, 0.05) is 18.1 Å². The second kappa shape index (κ2) is 8.80. The average molecular weight is 415 g/mol. The summed E-state index contributed by atoms with van der Waals surface area (Å²) in [6.45, 7) is 1.37. The molecule has 1 atom stereocenters. The number of ether oxygens (including phenoxy) is 1. The highest BCUT2D eigenvalue weighted by atomic mass is 32.2. The van der Waals surface area contributed by atoms with Gasteiger partial charge in [-0.3, -0.25) is 9.78 Å². The number of anilines is 1. The molecule has 150 valence electrons. The Labute approximate surface area is 167 Å². The summed E-state index contributed by atoms with van der Waals surface area (Å²) >= 11 is 0. The van der Waals surface area contributed by atoms with Crippen LogP contribution in [0.5, 0.6) is 11.5 Å². The summed E-state index contributed by atoms with van der Waals surface area (Å²) in [6.07, 6.45) is 3.21. The van der Waals surface area contributed by atoms with Gasteiger partial charge in [-0.1, -0.05) is 12.1 Å². The van der Waals surface area contributed by atoms with Crippen LogP contribution in [0.1, 0.15) is 6.92 Å². The monoisotopic (exact) mass is 415 g/mol. The zero-order valence-electron chi connectivity index (χ0n) is 15.4. The van der Waals surface area contributed by atoms with Crippen molar-refractivity contribution in [2.24, 2.45) is 0 Å². The Kier molecular flexibility index (Phi) is 6.20.